The number of thioether (sulfide) groups is 1. The van der Waals surface area contributed by atoms with Gasteiger partial charge in [0, 0.05) is 7.05 Å². The molecule has 0 aromatic heterocycles. The Bertz CT molecular complexity index is 209. The first-order valence-electron chi connectivity index (χ1n) is 3.03. The Hall–Kier alpha value is -0.770. The van der Waals surface area contributed by atoms with Crippen molar-refractivity contribution >= 4 is 17.6 Å². The van der Waals surface area contributed by atoms with Gasteiger partial charge in [0.25, 0.3) is 0 Å². The average Bonchev–Trinajstić information content (AvgIpc) is 2.30. The first-order chi connectivity index (χ1) is 5.20. The van der Waals surface area contributed by atoms with Crippen molar-refractivity contribution in [3.05, 3.63) is 0 Å². The molecule has 0 bridgehead atoms. The van der Waals surface area contributed by atoms with Crippen LogP contribution in [0.5, 0.6) is 0 Å². The van der Waals surface area contributed by atoms with Gasteiger partial charge in [-0.15, -0.1) is 0 Å². The fourth-order valence-corrected chi connectivity index (χ4v) is 1.83. The molecule has 11 heavy (non-hydrogen) atoms. The van der Waals surface area contributed by atoms with E-state index in [-0.39, 0.29) is 10.7 Å². The number of nitrogens with zero attached hydrogens (tertiary/aromatic N) is 2. The second-order valence-corrected chi connectivity index (χ2v) is 3.35. The minimum Gasteiger partial charge on any atom is -0.336 e. The Morgan fingerprint density at radius 3 is 2.82 bits per heavy atom. The highest BCUT2D eigenvalue weighted by atomic mass is 32.2. The molecule has 0 aromatic rings. The highest BCUT2D eigenvalue weighted by Crippen LogP contribution is 2.27. The van der Waals surface area contributed by atoms with E-state index in [4.69, 9.17) is 16.5 Å². The van der Waals surface area contributed by atoms with Crippen LogP contribution in [0, 0.1) is 16.7 Å². The van der Waals surface area contributed by atoms with Gasteiger partial charge in [-0.1, -0.05) is 11.8 Å². The zero-order valence-electron chi connectivity index (χ0n) is 6.03. The Balaban J connectivity index is 2.70. The first kappa shape index (κ1) is 8.33. The largest absolute Gasteiger partial charge is 0.336 e. The number of hydrogen-bond donors (Lipinski definition) is 3. The van der Waals surface area contributed by atoms with E-state index in [0.29, 0.717) is 5.84 Å². The highest BCUT2D eigenvalue weighted by Gasteiger charge is 2.34. The average molecular weight is 171 g/mol. The van der Waals surface area contributed by atoms with E-state index in [1.54, 1.807) is 11.9 Å². The van der Waals surface area contributed by atoms with Crippen molar-refractivity contribution in [1.82, 2.24) is 10.3 Å². The monoisotopic (exact) mass is 171 g/mol. The number of rotatable bonds is 1. The molecule has 0 aromatic carbocycles. The number of nitriles is 1. The summed E-state index contributed by atoms with van der Waals surface area (Å²) in [6.07, 6.45) is 0. The lowest BCUT2D eigenvalue weighted by atomic mass is 10.4. The molecule has 0 saturated carbocycles. The van der Waals surface area contributed by atoms with Crippen LogP contribution in [-0.4, -0.2) is 28.5 Å². The summed E-state index contributed by atoms with van der Waals surface area (Å²) >= 11 is 1.33. The van der Waals surface area contributed by atoms with E-state index in [2.05, 4.69) is 5.43 Å². The van der Waals surface area contributed by atoms with Gasteiger partial charge in [-0.3, -0.25) is 11.3 Å². The molecule has 60 valence electrons. The minimum atomic E-state index is -0.388. The van der Waals surface area contributed by atoms with Crippen molar-refractivity contribution in [2.24, 2.45) is 5.84 Å². The van der Waals surface area contributed by atoms with Gasteiger partial charge in [0.05, 0.1) is 6.07 Å². The van der Waals surface area contributed by atoms with Crippen LogP contribution >= 0.6 is 11.8 Å². The van der Waals surface area contributed by atoms with Crippen LogP contribution in [0.3, 0.4) is 0 Å². The van der Waals surface area contributed by atoms with E-state index in [1.165, 1.54) is 11.8 Å². The maximum Gasteiger partial charge on any atom is 0.152 e. The summed E-state index contributed by atoms with van der Waals surface area (Å²) in [4.78, 5) is 1.64. The van der Waals surface area contributed by atoms with Crippen molar-refractivity contribution in [3.8, 4) is 6.07 Å². The van der Waals surface area contributed by atoms with Gasteiger partial charge in [-0.05, 0) is 0 Å². The fourth-order valence-electron chi connectivity index (χ4n) is 0.839. The number of nitrogens with two attached hydrogens (primary N) is 1. The van der Waals surface area contributed by atoms with E-state index >= 15 is 0 Å². The summed E-state index contributed by atoms with van der Waals surface area (Å²) < 4.78 is 0. The van der Waals surface area contributed by atoms with Gasteiger partial charge in [-0.2, -0.15) is 5.26 Å². The van der Waals surface area contributed by atoms with Crippen LogP contribution in [0.1, 0.15) is 0 Å². The summed E-state index contributed by atoms with van der Waals surface area (Å²) in [6.45, 7) is 0. The fraction of sp³-hybridized carbons (Fsp3) is 0.600. The number of hydrogen-bond acceptors (Lipinski definition) is 5. The smallest absolute Gasteiger partial charge is 0.152 e. The molecule has 1 saturated heterocycles. The van der Waals surface area contributed by atoms with Gasteiger partial charge in [0.1, 0.15) is 11.3 Å². The standard InChI is InChI=1S/C5H9N5S/c1-10-4(7)3(2-6)11-5(10)9-8/h3,5,7,9H,8H2,1H3. The van der Waals surface area contributed by atoms with Crippen molar-refractivity contribution < 1.29 is 0 Å². The molecule has 1 aliphatic heterocycles. The molecule has 1 heterocycles. The molecule has 1 fully saturated rings. The summed E-state index contributed by atoms with van der Waals surface area (Å²) in [5.41, 5.74) is 2.36. The Morgan fingerprint density at radius 1 is 1.91 bits per heavy atom. The zero-order valence-corrected chi connectivity index (χ0v) is 6.85. The van der Waals surface area contributed by atoms with Crippen LogP contribution in [-0.2, 0) is 0 Å². The lowest BCUT2D eigenvalue weighted by molar-refractivity contribution is 0.420. The molecule has 1 rings (SSSR count). The second kappa shape index (κ2) is 3.09. The molecular weight excluding hydrogens is 162 g/mol. The molecule has 0 aliphatic carbocycles. The predicted molar refractivity (Wildman–Crippen MR) is 43.6 cm³/mol. The molecule has 2 unspecified atom stereocenters. The van der Waals surface area contributed by atoms with E-state index < -0.39 is 0 Å². The Kier molecular flexibility index (Phi) is 2.34. The number of hydrazine groups is 1. The molecule has 0 amide bonds. The quantitative estimate of drug-likeness (QED) is 0.358. The molecule has 4 N–H and O–H groups in total. The van der Waals surface area contributed by atoms with Crippen molar-refractivity contribution in [2.45, 2.75) is 10.7 Å². The summed E-state index contributed by atoms with van der Waals surface area (Å²) in [7, 11) is 1.73. The third-order valence-corrected chi connectivity index (χ3v) is 2.82. The van der Waals surface area contributed by atoms with Crippen molar-refractivity contribution in [2.75, 3.05) is 7.05 Å². The summed E-state index contributed by atoms with van der Waals surface area (Å²) in [5, 5.41) is 15.6. The zero-order chi connectivity index (χ0) is 8.43. The third kappa shape index (κ3) is 1.30. The van der Waals surface area contributed by atoms with Gasteiger partial charge < -0.3 is 4.90 Å². The molecule has 6 heteroatoms. The Labute approximate surface area is 69.0 Å². The number of nitrogens with one attached hydrogen (secondary N) is 2. The van der Waals surface area contributed by atoms with Gasteiger partial charge >= 0.3 is 0 Å². The third-order valence-electron chi connectivity index (χ3n) is 1.50. The van der Waals surface area contributed by atoms with E-state index in [9.17, 15) is 0 Å². The molecule has 5 nitrogen and oxygen atoms in total. The highest BCUT2D eigenvalue weighted by molar-refractivity contribution is 8.01. The molecule has 0 radical (unpaired) electrons. The molecular formula is C5H9N5S. The molecule has 2 atom stereocenters. The summed E-state index contributed by atoms with van der Waals surface area (Å²) in [6, 6.07) is 2.01. The topological polar surface area (TPSA) is 88.9 Å². The van der Waals surface area contributed by atoms with Crippen LogP contribution in [0.4, 0.5) is 0 Å². The lowest BCUT2D eigenvalue weighted by Crippen LogP contribution is -2.42. The second-order valence-electron chi connectivity index (χ2n) is 2.16. The van der Waals surface area contributed by atoms with Crippen LogP contribution < -0.4 is 11.3 Å². The minimum absolute atomic E-state index is 0.146. The first-order valence-corrected chi connectivity index (χ1v) is 3.97. The lowest BCUT2D eigenvalue weighted by Gasteiger charge is -2.17. The van der Waals surface area contributed by atoms with E-state index in [1.807, 2.05) is 6.07 Å². The maximum absolute atomic E-state index is 8.56. The van der Waals surface area contributed by atoms with Gasteiger partial charge in [0.15, 0.2) is 5.25 Å². The van der Waals surface area contributed by atoms with Crippen LogP contribution in [0.25, 0.3) is 0 Å². The molecule has 1 aliphatic rings. The van der Waals surface area contributed by atoms with Crippen molar-refractivity contribution in [1.29, 1.82) is 10.7 Å². The Morgan fingerprint density at radius 2 is 2.55 bits per heavy atom. The van der Waals surface area contributed by atoms with E-state index in [0.717, 1.165) is 0 Å². The van der Waals surface area contributed by atoms with Crippen LogP contribution in [0.15, 0.2) is 0 Å². The normalized spacial score (nSPS) is 30.6. The summed E-state index contributed by atoms with van der Waals surface area (Å²) in [5.74, 6) is 5.49. The van der Waals surface area contributed by atoms with Gasteiger partial charge in [-0.25, -0.2) is 5.43 Å². The van der Waals surface area contributed by atoms with Crippen LogP contribution in [0.2, 0.25) is 0 Å². The SMILES string of the molecule is CN1C(=N)C(C#N)SC1NN. The van der Waals surface area contributed by atoms with Gasteiger partial charge in [0.2, 0.25) is 0 Å². The van der Waals surface area contributed by atoms with Crippen molar-refractivity contribution in [3.63, 3.8) is 0 Å². The molecule has 0 spiro atoms. The maximum atomic E-state index is 8.56. The number of amidine groups is 1. The predicted octanol–water partition coefficient (Wildman–Crippen LogP) is -0.719.